The Balaban J connectivity index is 2.17. The number of anilines is 1. The van der Waals surface area contributed by atoms with E-state index >= 15 is 0 Å². The Hall–Kier alpha value is -2.18. The van der Waals surface area contributed by atoms with Crippen LogP contribution in [0.2, 0.25) is 0 Å². The van der Waals surface area contributed by atoms with E-state index in [1.165, 1.54) is 0 Å². The lowest BCUT2D eigenvalue weighted by molar-refractivity contribution is -0.142. The summed E-state index contributed by atoms with van der Waals surface area (Å²) in [4.78, 5) is 17.7. The molecule has 0 amide bonds. The summed E-state index contributed by atoms with van der Waals surface area (Å²) >= 11 is 0. The maximum Gasteiger partial charge on any atom is 0.329 e. The van der Waals surface area contributed by atoms with Gasteiger partial charge in [0.25, 0.3) is 0 Å². The normalized spacial score (nSPS) is 23.2. The summed E-state index contributed by atoms with van der Waals surface area (Å²) in [5.74, 6) is 0.519. The van der Waals surface area contributed by atoms with Gasteiger partial charge in [0.15, 0.2) is 5.82 Å². The highest BCUT2D eigenvalue weighted by atomic mass is 16.4. The molecule has 19 heavy (non-hydrogen) atoms. The molecule has 1 atom stereocenters. The van der Waals surface area contributed by atoms with E-state index in [0.717, 1.165) is 12.2 Å². The van der Waals surface area contributed by atoms with Crippen molar-refractivity contribution in [2.45, 2.75) is 32.2 Å². The highest BCUT2D eigenvalue weighted by molar-refractivity contribution is 5.85. The van der Waals surface area contributed by atoms with Gasteiger partial charge in [-0.2, -0.15) is 0 Å². The summed E-state index contributed by atoms with van der Waals surface area (Å²) in [7, 11) is 0. The van der Waals surface area contributed by atoms with Gasteiger partial charge >= 0.3 is 5.97 Å². The molecule has 0 aromatic carbocycles. The third-order valence-electron chi connectivity index (χ3n) is 3.84. The molecule has 3 heterocycles. The summed E-state index contributed by atoms with van der Waals surface area (Å²) in [5, 5.41) is 17.6. The number of rotatable bonds is 2. The van der Waals surface area contributed by atoms with Gasteiger partial charge in [-0.1, -0.05) is 0 Å². The molecule has 1 saturated heterocycles. The van der Waals surface area contributed by atoms with Crippen LogP contribution in [0.15, 0.2) is 12.4 Å². The number of hydrogen-bond donors (Lipinski definition) is 1. The third kappa shape index (κ3) is 1.57. The average molecular weight is 261 g/mol. The Kier molecular flexibility index (Phi) is 2.44. The van der Waals surface area contributed by atoms with Crippen molar-refractivity contribution in [3.63, 3.8) is 0 Å². The topological polar surface area (TPSA) is 83.6 Å². The highest BCUT2D eigenvalue weighted by Gasteiger charge is 2.45. The lowest BCUT2D eigenvalue weighted by atomic mass is 9.99. The van der Waals surface area contributed by atoms with Crippen molar-refractivity contribution in [1.82, 2.24) is 19.6 Å². The molecule has 0 radical (unpaired) electrons. The van der Waals surface area contributed by atoms with Crippen LogP contribution in [0.25, 0.3) is 5.65 Å². The highest BCUT2D eigenvalue weighted by Crippen LogP contribution is 2.34. The second kappa shape index (κ2) is 3.91. The van der Waals surface area contributed by atoms with Crippen molar-refractivity contribution in [2.24, 2.45) is 0 Å². The molecule has 0 unspecified atom stereocenters. The Morgan fingerprint density at radius 2 is 2.26 bits per heavy atom. The van der Waals surface area contributed by atoms with E-state index in [1.54, 1.807) is 19.3 Å². The SMILES string of the molecule is Cc1nnc2c(N3CCC[C@]3(C)C(=O)O)nccn12. The van der Waals surface area contributed by atoms with E-state index in [0.29, 0.717) is 24.4 Å². The van der Waals surface area contributed by atoms with Gasteiger partial charge in [0.1, 0.15) is 11.4 Å². The summed E-state index contributed by atoms with van der Waals surface area (Å²) in [5.41, 5.74) is -0.316. The molecule has 1 N–H and O–H groups in total. The van der Waals surface area contributed by atoms with Crippen LogP contribution < -0.4 is 4.90 Å². The zero-order valence-corrected chi connectivity index (χ0v) is 10.9. The molecule has 3 rings (SSSR count). The van der Waals surface area contributed by atoms with E-state index in [9.17, 15) is 9.90 Å². The standard InChI is InChI=1S/C12H15N5O2/c1-8-14-15-10-9(13-5-7-16(8)10)17-6-3-4-12(17,2)11(18)19/h5,7H,3-4,6H2,1-2H3,(H,18,19)/t12-/m1/s1. The number of nitrogens with zero attached hydrogens (tertiary/aromatic N) is 5. The first kappa shape index (κ1) is 11.9. The maximum atomic E-state index is 11.5. The molecule has 1 aliphatic rings. The van der Waals surface area contributed by atoms with Gasteiger partial charge in [-0.25, -0.2) is 9.78 Å². The summed E-state index contributed by atoms with van der Waals surface area (Å²) in [6, 6.07) is 0. The minimum atomic E-state index is -0.922. The first-order chi connectivity index (χ1) is 9.04. The predicted octanol–water partition coefficient (Wildman–Crippen LogP) is 0.876. The van der Waals surface area contributed by atoms with E-state index < -0.39 is 11.5 Å². The zero-order chi connectivity index (χ0) is 13.6. The van der Waals surface area contributed by atoms with Gasteiger partial charge in [-0.15, -0.1) is 10.2 Å². The van der Waals surface area contributed by atoms with Crippen molar-refractivity contribution in [1.29, 1.82) is 0 Å². The number of carboxylic acids is 1. The van der Waals surface area contributed by atoms with Gasteiger partial charge in [0.05, 0.1) is 0 Å². The van der Waals surface area contributed by atoms with Crippen LogP contribution in [0.3, 0.4) is 0 Å². The zero-order valence-electron chi connectivity index (χ0n) is 10.9. The molecule has 0 aliphatic carbocycles. The Bertz CT molecular complexity index is 653. The number of hydrogen-bond acceptors (Lipinski definition) is 5. The second-order valence-corrected chi connectivity index (χ2v) is 5.03. The number of aliphatic carboxylic acids is 1. The van der Waals surface area contributed by atoms with Crippen LogP contribution in [0.5, 0.6) is 0 Å². The van der Waals surface area contributed by atoms with Crippen LogP contribution in [0.4, 0.5) is 5.82 Å². The van der Waals surface area contributed by atoms with Crippen LogP contribution in [-0.2, 0) is 4.79 Å². The minimum absolute atomic E-state index is 0.588. The molecule has 2 aromatic heterocycles. The van der Waals surface area contributed by atoms with Crippen LogP contribution in [-0.4, -0.2) is 42.7 Å². The lowest BCUT2D eigenvalue weighted by Crippen LogP contribution is -2.48. The Morgan fingerprint density at radius 1 is 1.47 bits per heavy atom. The summed E-state index contributed by atoms with van der Waals surface area (Å²) in [6.07, 6.45) is 4.87. The molecule has 0 saturated carbocycles. The van der Waals surface area contributed by atoms with E-state index in [4.69, 9.17) is 0 Å². The molecule has 7 nitrogen and oxygen atoms in total. The number of aryl methyl sites for hydroxylation is 1. The summed E-state index contributed by atoms with van der Waals surface area (Å²) < 4.78 is 1.82. The summed E-state index contributed by atoms with van der Waals surface area (Å²) in [6.45, 7) is 4.25. The second-order valence-electron chi connectivity index (χ2n) is 5.03. The van der Waals surface area contributed by atoms with E-state index in [1.807, 2.05) is 16.2 Å². The average Bonchev–Trinajstić information content (AvgIpc) is 2.95. The van der Waals surface area contributed by atoms with E-state index in [2.05, 4.69) is 15.2 Å². The monoisotopic (exact) mass is 261 g/mol. The van der Waals surface area contributed by atoms with Crippen LogP contribution >= 0.6 is 0 Å². The van der Waals surface area contributed by atoms with Crippen molar-refractivity contribution in [3.05, 3.63) is 18.2 Å². The quantitative estimate of drug-likeness (QED) is 0.863. The van der Waals surface area contributed by atoms with Gasteiger partial charge in [-0.05, 0) is 26.7 Å². The lowest BCUT2D eigenvalue weighted by Gasteiger charge is -2.31. The number of carbonyl (C=O) groups is 1. The molecule has 7 heteroatoms. The molecule has 1 fully saturated rings. The van der Waals surface area contributed by atoms with Gasteiger partial charge in [0.2, 0.25) is 5.65 Å². The molecule has 100 valence electrons. The molecular weight excluding hydrogens is 246 g/mol. The van der Waals surface area contributed by atoms with Crippen molar-refractivity contribution in [2.75, 3.05) is 11.4 Å². The van der Waals surface area contributed by atoms with Gasteiger partial charge < -0.3 is 10.0 Å². The number of carboxylic acid groups (broad SMARTS) is 1. The minimum Gasteiger partial charge on any atom is -0.480 e. The first-order valence-electron chi connectivity index (χ1n) is 6.21. The molecule has 1 aliphatic heterocycles. The first-order valence-corrected chi connectivity index (χ1v) is 6.21. The van der Waals surface area contributed by atoms with Crippen molar-refractivity contribution < 1.29 is 9.90 Å². The number of aromatic nitrogens is 4. The Morgan fingerprint density at radius 3 is 3.00 bits per heavy atom. The fourth-order valence-electron chi connectivity index (χ4n) is 2.64. The largest absolute Gasteiger partial charge is 0.480 e. The van der Waals surface area contributed by atoms with Crippen LogP contribution in [0, 0.1) is 6.92 Å². The molecule has 0 bridgehead atoms. The Labute approximate surface area is 109 Å². The smallest absolute Gasteiger partial charge is 0.329 e. The maximum absolute atomic E-state index is 11.5. The van der Waals surface area contributed by atoms with Crippen molar-refractivity contribution >= 4 is 17.4 Å². The predicted molar refractivity (Wildman–Crippen MR) is 68.1 cm³/mol. The van der Waals surface area contributed by atoms with Crippen molar-refractivity contribution in [3.8, 4) is 0 Å². The molecular formula is C12H15N5O2. The van der Waals surface area contributed by atoms with Crippen LogP contribution in [0.1, 0.15) is 25.6 Å². The fraction of sp³-hybridized carbons (Fsp3) is 0.500. The fourth-order valence-corrected chi connectivity index (χ4v) is 2.64. The molecule has 0 spiro atoms. The molecule has 2 aromatic rings. The van der Waals surface area contributed by atoms with Gasteiger partial charge in [0, 0.05) is 18.9 Å². The number of fused-ring (bicyclic) bond motifs is 1. The van der Waals surface area contributed by atoms with E-state index in [-0.39, 0.29) is 0 Å². The third-order valence-corrected chi connectivity index (χ3v) is 3.84. The van der Waals surface area contributed by atoms with Gasteiger partial charge in [-0.3, -0.25) is 4.40 Å².